The van der Waals surface area contributed by atoms with Crippen LogP contribution in [0.3, 0.4) is 0 Å². The van der Waals surface area contributed by atoms with Crippen LogP contribution in [0.5, 0.6) is 5.75 Å². The normalized spacial score (nSPS) is 13.6. The Morgan fingerprint density at radius 1 is 1.00 bits per heavy atom. The fourth-order valence-corrected chi connectivity index (χ4v) is 2.25. The molecule has 0 unspecified atom stereocenters. The van der Waals surface area contributed by atoms with Crippen molar-refractivity contribution in [2.75, 3.05) is 7.11 Å². The van der Waals surface area contributed by atoms with Crippen LogP contribution in [0.25, 0.3) is 0 Å². The minimum absolute atomic E-state index is 0.110. The number of methoxy groups -OCH3 is 1. The predicted octanol–water partition coefficient (Wildman–Crippen LogP) is 2.52. The molecule has 1 heterocycles. The lowest BCUT2D eigenvalue weighted by Gasteiger charge is -2.06. The molecule has 0 N–H and O–H groups in total. The van der Waals surface area contributed by atoms with Gasteiger partial charge >= 0.3 is 0 Å². The van der Waals surface area contributed by atoms with Crippen molar-refractivity contribution >= 4 is 17.2 Å². The summed E-state index contributed by atoms with van der Waals surface area (Å²) < 4.78 is 5.89. The van der Waals surface area contributed by atoms with Gasteiger partial charge in [-0.25, -0.2) is 0 Å². The van der Waals surface area contributed by atoms with Crippen LogP contribution < -0.4 is 4.74 Å². The Bertz CT molecular complexity index is 704. The molecule has 0 aromatic heterocycles. The van der Waals surface area contributed by atoms with E-state index in [2.05, 4.69) is 0 Å². The molecule has 0 fully saturated rings. The van der Waals surface area contributed by atoms with E-state index >= 15 is 0 Å². The molecule has 2 aromatic rings. The molecule has 0 radical (unpaired) electrons. The van der Waals surface area contributed by atoms with Crippen molar-refractivity contribution in [2.24, 2.45) is 0 Å². The van der Waals surface area contributed by atoms with Crippen molar-refractivity contribution in [2.45, 2.75) is 0 Å². The first-order valence-corrected chi connectivity index (χ1v) is 5.85. The average Bonchev–Trinajstić information content (AvgIpc) is 2.71. The highest BCUT2D eigenvalue weighted by atomic mass is 16.5. The fourth-order valence-electron chi connectivity index (χ4n) is 2.25. The molecule has 1 aliphatic heterocycles. The minimum Gasteiger partial charge on any atom is -0.618 e. The van der Waals surface area contributed by atoms with E-state index in [1.54, 1.807) is 48.5 Å². The summed E-state index contributed by atoms with van der Waals surface area (Å²) in [7, 11) is 1.51. The van der Waals surface area contributed by atoms with Gasteiger partial charge in [-0.05, 0) is 18.2 Å². The van der Waals surface area contributed by atoms with Crippen molar-refractivity contribution in [1.29, 1.82) is 0 Å². The van der Waals surface area contributed by atoms with E-state index < -0.39 is 0 Å². The van der Waals surface area contributed by atoms with Gasteiger partial charge in [0.05, 0.1) is 12.7 Å². The molecule has 0 atom stereocenters. The summed E-state index contributed by atoms with van der Waals surface area (Å²) >= 11 is 0. The highest BCUT2D eigenvalue weighted by Crippen LogP contribution is 2.30. The van der Waals surface area contributed by atoms with E-state index in [4.69, 9.17) is 4.74 Å². The Balaban J connectivity index is 2.23. The van der Waals surface area contributed by atoms with Crippen LogP contribution in [0, 0.1) is 5.21 Å². The van der Waals surface area contributed by atoms with Gasteiger partial charge in [-0.2, -0.15) is 4.74 Å². The van der Waals surface area contributed by atoms with Gasteiger partial charge in [-0.1, -0.05) is 24.3 Å². The average molecular weight is 253 g/mol. The molecule has 0 aliphatic carbocycles. The number of fused-ring (bicyclic) bond motifs is 1. The van der Waals surface area contributed by atoms with Gasteiger partial charge in [0.15, 0.2) is 0 Å². The van der Waals surface area contributed by atoms with Gasteiger partial charge in [0, 0.05) is 6.07 Å². The predicted molar refractivity (Wildman–Crippen MR) is 71.2 cm³/mol. The van der Waals surface area contributed by atoms with Crippen molar-refractivity contribution in [3.8, 4) is 5.75 Å². The zero-order valence-electron chi connectivity index (χ0n) is 10.3. The number of hydrogen-bond donors (Lipinski definition) is 0. The van der Waals surface area contributed by atoms with Gasteiger partial charge < -0.3 is 9.94 Å². The molecule has 4 nitrogen and oxygen atoms in total. The van der Waals surface area contributed by atoms with Crippen LogP contribution in [-0.2, 0) is 0 Å². The van der Waals surface area contributed by atoms with E-state index in [1.807, 2.05) is 0 Å². The van der Waals surface area contributed by atoms with Crippen molar-refractivity contribution < 1.29 is 14.3 Å². The standard InChI is InChI=1S/C15H11NO3/c1-19-13-9-5-3-7-11(13)14-15(17)10-6-2-4-8-12(10)16(14)18/h2-9H,1H3. The molecule has 0 spiro atoms. The van der Waals surface area contributed by atoms with Crippen LogP contribution >= 0.6 is 0 Å². The Labute approximate surface area is 110 Å². The lowest BCUT2D eigenvalue weighted by molar-refractivity contribution is -0.355. The second-order valence-electron chi connectivity index (χ2n) is 4.19. The number of ketones is 1. The number of Topliss-reactive ketones (excluding diaryl/α,β-unsaturated/α-hetero) is 1. The van der Waals surface area contributed by atoms with Crippen LogP contribution in [0.2, 0.25) is 0 Å². The largest absolute Gasteiger partial charge is 0.618 e. The highest BCUT2D eigenvalue weighted by molar-refractivity contribution is 6.52. The van der Waals surface area contributed by atoms with Crippen LogP contribution in [0.1, 0.15) is 15.9 Å². The van der Waals surface area contributed by atoms with Gasteiger partial charge in [0.2, 0.25) is 5.69 Å². The first kappa shape index (κ1) is 11.5. The molecule has 19 heavy (non-hydrogen) atoms. The quantitative estimate of drug-likeness (QED) is 0.610. The molecule has 0 bridgehead atoms. The molecule has 0 saturated heterocycles. The Kier molecular flexibility index (Phi) is 2.56. The SMILES string of the molecule is COc1ccccc1C1=[N+]([O-])c2ccccc2C1=O. The Morgan fingerprint density at radius 2 is 1.63 bits per heavy atom. The summed E-state index contributed by atoms with van der Waals surface area (Å²) in [5.74, 6) is 0.245. The lowest BCUT2D eigenvalue weighted by atomic mass is 10.0. The van der Waals surface area contributed by atoms with Crippen LogP contribution in [0.15, 0.2) is 48.5 Å². The molecule has 1 aliphatic rings. The zero-order chi connectivity index (χ0) is 13.4. The summed E-state index contributed by atoms with van der Waals surface area (Å²) in [6.07, 6.45) is 0. The first-order valence-electron chi connectivity index (χ1n) is 5.85. The Morgan fingerprint density at radius 3 is 2.32 bits per heavy atom. The molecule has 0 saturated carbocycles. The van der Waals surface area contributed by atoms with Gasteiger partial charge in [-0.15, -0.1) is 0 Å². The number of carbonyl (C=O) groups excluding carboxylic acids is 1. The van der Waals surface area contributed by atoms with E-state index in [1.165, 1.54) is 7.11 Å². The molecule has 3 rings (SSSR count). The van der Waals surface area contributed by atoms with E-state index in [0.717, 1.165) is 0 Å². The minimum atomic E-state index is -0.268. The van der Waals surface area contributed by atoms with Crippen LogP contribution in [-0.4, -0.2) is 23.3 Å². The smallest absolute Gasteiger partial charge is 0.276 e. The fraction of sp³-hybridized carbons (Fsp3) is 0.0667. The maximum atomic E-state index is 12.3. The third-order valence-corrected chi connectivity index (χ3v) is 3.15. The molecule has 2 aromatic carbocycles. The summed E-state index contributed by atoms with van der Waals surface area (Å²) in [5, 5.41) is 12.3. The maximum Gasteiger partial charge on any atom is 0.276 e. The number of rotatable bonds is 2. The molecule has 94 valence electrons. The number of ether oxygens (including phenoxy) is 1. The number of carbonyl (C=O) groups is 1. The van der Waals surface area contributed by atoms with Crippen LogP contribution in [0.4, 0.5) is 5.69 Å². The molecular formula is C15H11NO3. The first-order chi connectivity index (χ1) is 9.24. The second-order valence-corrected chi connectivity index (χ2v) is 4.19. The molecular weight excluding hydrogens is 242 g/mol. The topological polar surface area (TPSA) is 52.4 Å². The Hall–Kier alpha value is -2.62. The zero-order valence-corrected chi connectivity index (χ0v) is 10.3. The molecule has 4 heteroatoms. The summed E-state index contributed by atoms with van der Waals surface area (Å²) in [5.41, 5.74) is 1.44. The van der Waals surface area contributed by atoms with Crippen molar-refractivity contribution in [3.63, 3.8) is 0 Å². The number of para-hydroxylation sites is 2. The number of benzene rings is 2. The van der Waals surface area contributed by atoms with Crippen molar-refractivity contribution in [1.82, 2.24) is 0 Å². The van der Waals surface area contributed by atoms with E-state index in [0.29, 0.717) is 27.3 Å². The van der Waals surface area contributed by atoms with E-state index in [-0.39, 0.29) is 11.5 Å². The molecule has 0 amide bonds. The van der Waals surface area contributed by atoms with Gasteiger partial charge in [-0.3, -0.25) is 4.79 Å². The third-order valence-electron chi connectivity index (χ3n) is 3.15. The number of hydrogen-bond acceptors (Lipinski definition) is 3. The monoisotopic (exact) mass is 253 g/mol. The van der Waals surface area contributed by atoms with E-state index in [9.17, 15) is 10.0 Å². The lowest BCUT2D eigenvalue weighted by Crippen LogP contribution is -2.17. The highest BCUT2D eigenvalue weighted by Gasteiger charge is 2.37. The summed E-state index contributed by atoms with van der Waals surface area (Å²) in [6.45, 7) is 0. The third kappa shape index (κ3) is 1.61. The van der Waals surface area contributed by atoms with Gasteiger partial charge in [0.25, 0.3) is 11.5 Å². The maximum absolute atomic E-state index is 12.3. The van der Waals surface area contributed by atoms with Crippen molar-refractivity contribution in [3.05, 3.63) is 64.9 Å². The summed E-state index contributed by atoms with van der Waals surface area (Å²) in [4.78, 5) is 12.3. The number of nitrogens with zero attached hydrogens (tertiary/aromatic N) is 1. The summed E-state index contributed by atoms with van der Waals surface area (Å²) in [6, 6.07) is 13.8. The second kappa shape index (κ2) is 4.24. The van der Waals surface area contributed by atoms with Gasteiger partial charge in [0.1, 0.15) is 11.3 Å².